The Balaban J connectivity index is 2.19. The van der Waals surface area contributed by atoms with Gasteiger partial charge in [0.05, 0.1) is 16.4 Å². The van der Waals surface area contributed by atoms with Crippen LogP contribution in [0.25, 0.3) is 0 Å². The van der Waals surface area contributed by atoms with Gasteiger partial charge in [-0.1, -0.05) is 36.7 Å². The molecule has 1 aliphatic rings. The Morgan fingerprint density at radius 2 is 2.05 bits per heavy atom. The van der Waals surface area contributed by atoms with Gasteiger partial charge in [0.25, 0.3) is 5.91 Å². The fourth-order valence-corrected chi connectivity index (χ4v) is 3.22. The predicted molar refractivity (Wildman–Crippen MR) is 94.5 cm³/mol. The number of para-hydroxylation sites is 1. The van der Waals surface area contributed by atoms with E-state index in [0.717, 1.165) is 39.0 Å². The number of aryl methyl sites for hydroxylation is 1. The van der Waals surface area contributed by atoms with Crippen molar-refractivity contribution in [3.63, 3.8) is 0 Å². The van der Waals surface area contributed by atoms with E-state index in [1.807, 2.05) is 37.3 Å². The van der Waals surface area contributed by atoms with Crippen LogP contribution in [0.2, 0.25) is 5.02 Å². The largest absolute Gasteiger partial charge is 0.320 e. The zero-order valence-electron chi connectivity index (χ0n) is 12.2. The van der Waals surface area contributed by atoms with E-state index in [2.05, 4.69) is 33.2 Å². The molecule has 3 rings (SSSR count). The first kappa shape index (κ1) is 15.3. The second-order valence-electron chi connectivity index (χ2n) is 5.12. The number of hydrogen-bond acceptors (Lipinski definition) is 2. The Morgan fingerprint density at radius 3 is 2.77 bits per heavy atom. The maximum atomic E-state index is 12.3. The lowest BCUT2D eigenvalue weighted by Crippen LogP contribution is -2.14. The molecule has 0 bridgehead atoms. The standard InChI is InChI=1S/C17H14BrClN2O/c1-3-10-6-4-5-7-13(10)20-16-11-8-12(18)14(19)9(2)15(11)21-17(16)22/h4-8H,3H2,1-2H3,(H,20,21,22). The zero-order valence-corrected chi connectivity index (χ0v) is 14.5. The van der Waals surface area contributed by atoms with Crippen LogP contribution in [0.1, 0.15) is 23.6 Å². The second kappa shape index (κ2) is 5.86. The average Bonchev–Trinajstić information content (AvgIpc) is 2.82. The molecule has 0 fully saturated rings. The van der Waals surface area contributed by atoms with Crippen LogP contribution in [0.15, 0.2) is 39.8 Å². The molecule has 1 amide bonds. The first-order valence-corrected chi connectivity index (χ1v) is 8.17. The minimum atomic E-state index is -0.196. The molecule has 5 heteroatoms. The molecule has 0 spiro atoms. The first-order chi connectivity index (χ1) is 10.5. The number of aliphatic imine (C=N–C) groups is 1. The Kier molecular flexibility index (Phi) is 4.06. The molecule has 112 valence electrons. The fraction of sp³-hybridized carbons (Fsp3) is 0.176. The number of fused-ring (bicyclic) bond motifs is 1. The van der Waals surface area contributed by atoms with Crippen molar-refractivity contribution < 1.29 is 4.79 Å². The number of nitrogens with one attached hydrogen (secondary N) is 1. The van der Waals surface area contributed by atoms with Crippen LogP contribution in [-0.2, 0) is 11.2 Å². The summed E-state index contributed by atoms with van der Waals surface area (Å²) in [6.07, 6.45) is 0.866. The van der Waals surface area contributed by atoms with Gasteiger partial charge in [0.2, 0.25) is 0 Å². The summed E-state index contributed by atoms with van der Waals surface area (Å²) in [5.41, 5.74) is 4.73. The van der Waals surface area contributed by atoms with Gasteiger partial charge < -0.3 is 5.32 Å². The first-order valence-electron chi connectivity index (χ1n) is 6.99. The van der Waals surface area contributed by atoms with Gasteiger partial charge in [0.15, 0.2) is 0 Å². The third kappa shape index (κ3) is 2.46. The van der Waals surface area contributed by atoms with Crippen LogP contribution in [0.5, 0.6) is 0 Å². The van der Waals surface area contributed by atoms with E-state index in [4.69, 9.17) is 11.6 Å². The molecule has 2 aromatic carbocycles. The van der Waals surface area contributed by atoms with Crippen LogP contribution in [0.4, 0.5) is 11.4 Å². The summed E-state index contributed by atoms with van der Waals surface area (Å²) in [7, 11) is 0. The molecule has 0 aliphatic carbocycles. The quantitative estimate of drug-likeness (QED) is 0.782. The van der Waals surface area contributed by atoms with E-state index in [1.54, 1.807) is 0 Å². The molecule has 0 aromatic heterocycles. The van der Waals surface area contributed by atoms with E-state index in [-0.39, 0.29) is 5.91 Å². The SMILES string of the molecule is CCc1ccccc1N=C1C(=O)Nc2c1cc(Br)c(Cl)c2C. The van der Waals surface area contributed by atoms with Crippen molar-refractivity contribution in [2.24, 2.45) is 4.99 Å². The third-order valence-electron chi connectivity index (χ3n) is 3.77. The Labute approximate surface area is 142 Å². The molecular weight excluding hydrogens is 364 g/mol. The lowest BCUT2D eigenvalue weighted by atomic mass is 10.1. The minimum Gasteiger partial charge on any atom is -0.320 e. The van der Waals surface area contributed by atoms with Gasteiger partial charge in [0, 0.05) is 10.0 Å². The molecule has 0 saturated heterocycles. The maximum Gasteiger partial charge on any atom is 0.275 e. The predicted octanol–water partition coefficient (Wildman–Crippen LogP) is 5.05. The van der Waals surface area contributed by atoms with Gasteiger partial charge in [-0.25, -0.2) is 4.99 Å². The third-order valence-corrected chi connectivity index (χ3v) is 5.11. The van der Waals surface area contributed by atoms with Crippen molar-refractivity contribution in [1.29, 1.82) is 0 Å². The normalized spacial score (nSPS) is 15.1. The number of halogens is 2. The van der Waals surface area contributed by atoms with Crippen LogP contribution >= 0.6 is 27.5 Å². The Morgan fingerprint density at radius 1 is 1.32 bits per heavy atom. The summed E-state index contributed by atoms with van der Waals surface area (Å²) in [5, 5.41) is 3.47. The minimum absolute atomic E-state index is 0.196. The van der Waals surface area contributed by atoms with E-state index in [9.17, 15) is 4.79 Å². The monoisotopic (exact) mass is 376 g/mol. The summed E-state index contributed by atoms with van der Waals surface area (Å²) >= 11 is 9.66. The molecule has 3 nitrogen and oxygen atoms in total. The number of amides is 1. The molecule has 22 heavy (non-hydrogen) atoms. The van der Waals surface area contributed by atoms with Gasteiger partial charge in [0.1, 0.15) is 5.71 Å². The van der Waals surface area contributed by atoms with Crippen LogP contribution < -0.4 is 5.32 Å². The smallest absolute Gasteiger partial charge is 0.275 e. The highest BCUT2D eigenvalue weighted by Gasteiger charge is 2.29. The van der Waals surface area contributed by atoms with E-state index in [0.29, 0.717) is 10.7 Å². The highest BCUT2D eigenvalue weighted by atomic mass is 79.9. The highest BCUT2D eigenvalue weighted by molar-refractivity contribution is 9.10. The summed E-state index contributed by atoms with van der Waals surface area (Å²) in [5.74, 6) is -0.196. The zero-order chi connectivity index (χ0) is 15.9. The highest BCUT2D eigenvalue weighted by Crippen LogP contribution is 2.38. The fourth-order valence-electron chi connectivity index (χ4n) is 2.55. The van der Waals surface area contributed by atoms with Gasteiger partial charge in [-0.2, -0.15) is 0 Å². The summed E-state index contributed by atoms with van der Waals surface area (Å²) in [6.45, 7) is 3.96. The number of carbonyl (C=O) groups is 1. The number of hydrogen-bond donors (Lipinski definition) is 1. The summed E-state index contributed by atoms with van der Waals surface area (Å²) in [4.78, 5) is 16.9. The number of anilines is 1. The van der Waals surface area contributed by atoms with Gasteiger partial charge in [-0.3, -0.25) is 4.79 Å². The molecule has 0 atom stereocenters. The number of nitrogens with zero attached hydrogens (tertiary/aromatic N) is 1. The van der Waals surface area contributed by atoms with Gasteiger partial charge >= 0.3 is 0 Å². The van der Waals surface area contributed by atoms with Crippen LogP contribution in [0.3, 0.4) is 0 Å². The van der Waals surface area contributed by atoms with Crippen molar-refractivity contribution in [3.05, 3.63) is 56.5 Å². The van der Waals surface area contributed by atoms with Crippen molar-refractivity contribution >= 4 is 50.5 Å². The molecule has 1 aliphatic heterocycles. The lowest BCUT2D eigenvalue weighted by molar-refractivity contribution is -0.110. The molecule has 0 unspecified atom stereocenters. The maximum absolute atomic E-state index is 12.3. The van der Waals surface area contributed by atoms with Crippen LogP contribution in [0, 0.1) is 6.92 Å². The van der Waals surface area contributed by atoms with Crippen molar-refractivity contribution in [3.8, 4) is 0 Å². The lowest BCUT2D eigenvalue weighted by Gasteiger charge is -2.07. The Bertz CT molecular complexity index is 815. The van der Waals surface area contributed by atoms with Gasteiger partial charge in [-0.05, 0) is 52.5 Å². The molecule has 2 aromatic rings. The molecule has 1 heterocycles. The van der Waals surface area contributed by atoms with Crippen LogP contribution in [-0.4, -0.2) is 11.6 Å². The number of carbonyl (C=O) groups excluding carboxylic acids is 1. The molecule has 0 radical (unpaired) electrons. The average molecular weight is 378 g/mol. The molecular formula is C17H14BrClN2O. The molecule has 1 N–H and O–H groups in total. The van der Waals surface area contributed by atoms with Crippen molar-refractivity contribution in [1.82, 2.24) is 0 Å². The van der Waals surface area contributed by atoms with Gasteiger partial charge in [-0.15, -0.1) is 0 Å². The molecule has 0 saturated carbocycles. The number of benzene rings is 2. The summed E-state index contributed by atoms with van der Waals surface area (Å²) in [6, 6.07) is 9.70. The van der Waals surface area contributed by atoms with E-state index in [1.165, 1.54) is 0 Å². The second-order valence-corrected chi connectivity index (χ2v) is 6.35. The topological polar surface area (TPSA) is 41.5 Å². The summed E-state index contributed by atoms with van der Waals surface area (Å²) < 4.78 is 0.762. The Hall–Kier alpha value is -1.65. The van der Waals surface area contributed by atoms with Crippen molar-refractivity contribution in [2.75, 3.05) is 5.32 Å². The van der Waals surface area contributed by atoms with Crippen molar-refractivity contribution in [2.45, 2.75) is 20.3 Å². The van der Waals surface area contributed by atoms with E-state index >= 15 is 0 Å². The van der Waals surface area contributed by atoms with E-state index < -0.39 is 0 Å². The number of rotatable bonds is 2.